The van der Waals surface area contributed by atoms with E-state index in [2.05, 4.69) is 29.2 Å². The van der Waals surface area contributed by atoms with Gasteiger partial charge in [0.1, 0.15) is 36.6 Å². The summed E-state index contributed by atoms with van der Waals surface area (Å²) in [6.07, 6.45) is 1.17. The van der Waals surface area contributed by atoms with Gasteiger partial charge in [0.15, 0.2) is 20.4 Å². The highest BCUT2D eigenvalue weighted by molar-refractivity contribution is 5.74. The van der Waals surface area contributed by atoms with Gasteiger partial charge < -0.3 is 43.0 Å². The monoisotopic (exact) mass is 448 g/mol. The van der Waals surface area contributed by atoms with Crippen LogP contribution in [0.5, 0.6) is 0 Å². The SMILES string of the molecule is C=COCOCC(O)(COCOC(=C)C(C)C(=O)OC)OCOC(=C)C(C)C(=O)OC. The van der Waals surface area contributed by atoms with Crippen molar-refractivity contribution in [3.05, 3.63) is 37.5 Å². The van der Waals surface area contributed by atoms with Crippen LogP contribution >= 0.6 is 0 Å². The third-order valence-electron chi connectivity index (χ3n) is 3.90. The van der Waals surface area contributed by atoms with E-state index in [9.17, 15) is 14.7 Å². The largest absolute Gasteiger partial charge is 0.476 e. The first kappa shape index (κ1) is 28.4. The zero-order valence-electron chi connectivity index (χ0n) is 18.4. The molecule has 0 fully saturated rings. The van der Waals surface area contributed by atoms with E-state index in [0.29, 0.717) is 0 Å². The van der Waals surface area contributed by atoms with Gasteiger partial charge in [-0.1, -0.05) is 19.7 Å². The summed E-state index contributed by atoms with van der Waals surface area (Å²) in [6.45, 7) is 12.0. The van der Waals surface area contributed by atoms with Crippen LogP contribution in [0, 0.1) is 11.8 Å². The van der Waals surface area contributed by atoms with E-state index < -0.39 is 43.0 Å². The van der Waals surface area contributed by atoms with Gasteiger partial charge in [-0.05, 0) is 13.8 Å². The number of ether oxygens (including phenoxy) is 8. The molecule has 1 N–H and O–H groups in total. The molecule has 11 heteroatoms. The molecule has 0 aromatic rings. The molecule has 0 bridgehead atoms. The second kappa shape index (κ2) is 15.2. The van der Waals surface area contributed by atoms with E-state index in [4.69, 9.17) is 28.4 Å². The van der Waals surface area contributed by atoms with E-state index in [-0.39, 0.29) is 31.7 Å². The fourth-order valence-electron chi connectivity index (χ4n) is 1.82. The lowest BCUT2D eigenvalue weighted by Crippen LogP contribution is -2.43. The molecule has 0 aliphatic rings. The van der Waals surface area contributed by atoms with Crippen LogP contribution in [0.1, 0.15) is 13.8 Å². The van der Waals surface area contributed by atoms with Crippen LogP contribution in [-0.2, 0) is 47.5 Å². The molecule has 0 saturated carbocycles. The Balaban J connectivity index is 4.65. The molecule has 3 atom stereocenters. The number of rotatable bonds is 18. The van der Waals surface area contributed by atoms with Crippen molar-refractivity contribution in [2.24, 2.45) is 11.8 Å². The minimum Gasteiger partial charge on any atom is -0.476 e. The second-order valence-electron chi connectivity index (χ2n) is 6.19. The summed E-state index contributed by atoms with van der Waals surface area (Å²) in [5, 5.41) is 10.6. The van der Waals surface area contributed by atoms with Crippen molar-refractivity contribution in [2.75, 3.05) is 47.8 Å². The number of carbonyl (C=O) groups is 2. The van der Waals surface area contributed by atoms with Gasteiger partial charge in [-0.2, -0.15) is 0 Å². The van der Waals surface area contributed by atoms with Crippen LogP contribution in [0.4, 0.5) is 0 Å². The molecule has 0 rings (SSSR count). The van der Waals surface area contributed by atoms with Crippen LogP contribution < -0.4 is 0 Å². The van der Waals surface area contributed by atoms with E-state index in [0.717, 1.165) is 0 Å². The van der Waals surface area contributed by atoms with Gasteiger partial charge in [-0.25, -0.2) is 0 Å². The maximum atomic E-state index is 11.5. The van der Waals surface area contributed by atoms with Crippen LogP contribution in [-0.4, -0.2) is 70.6 Å². The molecule has 0 aromatic carbocycles. The van der Waals surface area contributed by atoms with Gasteiger partial charge in [-0.3, -0.25) is 9.59 Å². The molecule has 0 radical (unpaired) electrons. The smallest absolute Gasteiger partial charge is 0.316 e. The minimum absolute atomic E-state index is 0.0856. The third kappa shape index (κ3) is 11.4. The van der Waals surface area contributed by atoms with Gasteiger partial charge in [0, 0.05) is 0 Å². The van der Waals surface area contributed by atoms with Crippen molar-refractivity contribution < 1.29 is 52.6 Å². The second-order valence-corrected chi connectivity index (χ2v) is 6.19. The number of hydrogen-bond donors (Lipinski definition) is 1. The first-order valence-corrected chi connectivity index (χ1v) is 9.15. The molecule has 11 nitrogen and oxygen atoms in total. The molecule has 0 aliphatic heterocycles. The Morgan fingerprint density at radius 3 is 1.81 bits per heavy atom. The molecule has 0 saturated heterocycles. The van der Waals surface area contributed by atoms with Crippen LogP contribution in [0.2, 0.25) is 0 Å². The van der Waals surface area contributed by atoms with Gasteiger partial charge in [0.25, 0.3) is 0 Å². The molecule has 31 heavy (non-hydrogen) atoms. The van der Waals surface area contributed by atoms with Gasteiger partial charge in [-0.15, -0.1) is 0 Å². The lowest BCUT2D eigenvalue weighted by Gasteiger charge is -2.28. The van der Waals surface area contributed by atoms with E-state index in [1.54, 1.807) is 13.8 Å². The minimum atomic E-state index is -1.96. The summed E-state index contributed by atoms with van der Waals surface area (Å²) in [7, 11) is 2.49. The van der Waals surface area contributed by atoms with Gasteiger partial charge in [0.2, 0.25) is 5.79 Å². The topological polar surface area (TPSA) is 128 Å². The number of carbonyl (C=O) groups excluding carboxylic acids is 2. The Hall–Kier alpha value is -2.60. The van der Waals surface area contributed by atoms with Crippen molar-refractivity contribution in [3.63, 3.8) is 0 Å². The quantitative estimate of drug-likeness (QED) is 0.141. The predicted octanol–water partition coefficient (Wildman–Crippen LogP) is 1.44. The average molecular weight is 448 g/mol. The highest BCUT2D eigenvalue weighted by Gasteiger charge is 2.30. The van der Waals surface area contributed by atoms with Crippen molar-refractivity contribution >= 4 is 11.9 Å². The maximum absolute atomic E-state index is 11.5. The third-order valence-corrected chi connectivity index (χ3v) is 3.90. The van der Waals surface area contributed by atoms with E-state index in [1.807, 2.05) is 0 Å². The van der Waals surface area contributed by atoms with Gasteiger partial charge in [0.05, 0.1) is 20.5 Å². The summed E-state index contributed by atoms with van der Waals surface area (Å²) in [5.41, 5.74) is 0. The molecule has 0 amide bonds. The molecule has 0 heterocycles. The van der Waals surface area contributed by atoms with Crippen molar-refractivity contribution in [3.8, 4) is 0 Å². The highest BCUT2D eigenvalue weighted by Crippen LogP contribution is 2.16. The van der Waals surface area contributed by atoms with Crippen molar-refractivity contribution in [2.45, 2.75) is 19.6 Å². The highest BCUT2D eigenvalue weighted by atomic mass is 16.8. The van der Waals surface area contributed by atoms with Crippen LogP contribution in [0.25, 0.3) is 0 Å². The Morgan fingerprint density at radius 2 is 1.35 bits per heavy atom. The van der Waals surface area contributed by atoms with Crippen molar-refractivity contribution in [1.29, 1.82) is 0 Å². The Morgan fingerprint density at radius 1 is 0.903 bits per heavy atom. The zero-order chi connectivity index (χ0) is 23.9. The average Bonchev–Trinajstić information content (AvgIpc) is 2.77. The summed E-state index contributed by atoms with van der Waals surface area (Å²) in [5.74, 6) is -4.22. The first-order valence-electron chi connectivity index (χ1n) is 9.15. The molecule has 0 aliphatic carbocycles. The number of esters is 2. The lowest BCUT2D eigenvalue weighted by atomic mass is 10.1. The maximum Gasteiger partial charge on any atom is 0.316 e. The number of aliphatic hydroxyl groups is 1. The first-order chi connectivity index (χ1) is 14.6. The number of methoxy groups -OCH3 is 2. The molecular formula is C20H32O11. The summed E-state index contributed by atoms with van der Waals surface area (Å²) in [6, 6.07) is 0. The summed E-state index contributed by atoms with van der Waals surface area (Å²) in [4.78, 5) is 22.9. The van der Waals surface area contributed by atoms with Crippen LogP contribution in [0.15, 0.2) is 37.5 Å². The van der Waals surface area contributed by atoms with Crippen molar-refractivity contribution in [1.82, 2.24) is 0 Å². The fourth-order valence-corrected chi connectivity index (χ4v) is 1.82. The normalized spacial score (nSPS) is 14.4. The Labute approximate surface area is 182 Å². The molecule has 0 aromatic heterocycles. The van der Waals surface area contributed by atoms with Crippen LogP contribution in [0.3, 0.4) is 0 Å². The Kier molecular flexibility index (Phi) is 14.0. The fraction of sp³-hybridized carbons (Fsp3) is 0.600. The standard InChI is InChI=1S/C20H32O11/c1-8-26-11-27-9-20(23,31-13-30-17(5)15(3)19(22)25-7)10-28-12-29-16(4)14(2)18(21)24-6/h8,14-15,23H,1,4-5,9-13H2,2-3,6-7H3. The zero-order valence-corrected chi connectivity index (χ0v) is 18.4. The van der Waals surface area contributed by atoms with E-state index >= 15 is 0 Å². The molecule has 3 unspecified atom stereocenters. The summed E-state index contributed by atoms with van der Waals surface area (Å²) >= 11 is 0. The summed E-state index contributed by atoms with van der Waals surface area (Å²) < 4.78 is 40.1. The molecular weight excluding hydrogens is 416 g/mol. The van der Waals surface area contributed by atoms with E-state index in [1.165, 1.54) is 20.5 Å². The van der Waals surface area contributed by atoms with Gasteiger partial charge >= 0.3 is 11.9 Å². The lowest BCUT2D eigenvalue weighted by molar-refractivity contribution is -0.293. The predicted molar refractivity (Wildman–Crippen MR) is 107 cm³/mol. The molecule has 0 spiro atoms. The Bertz CT molecular complexity index is 604. The number of hydrogen-bond acceptors (Lipinski definition) is 11. The molecule has 178 valence electrons.